The summed E-state index contributed by atoms with van der Waals surface area (Å²) >= 11 is 0. The number of carbonyl (C=O) groups is 3. The third-order valence-electron chi connectivity index (χ3n) is 6.46. The normalized spacial score (nSPS) is 20.9. The standard InChI is InChI=1S/C26H39N5O5/c1-7-30-21(16-29-13-14-31(18(5)15-29)25(33)27-17(3)4)22(24(32)36-8-2)23(28-26(30)34)19-9-11-20(35-6)12-10-19/h9-12,17-18,23H,7-8,13-16H2,1-6H3,(H,27,33)(H,28,34)/t18-,23-/m1/s1. The number of methoxy groups -OCH3 is 1. The molecule has 2 heterocycles. The van der Waals surface area contributed by atoms with Crippen LogP contribution < -0.4 is 15.4 Å². The highest BCUT2D eigenvalue weighted by molar-refractivity contribution is 5.95. The van der Waals surface area contributed by atoms with Gasteiger partial charge in [0.2, 0.25) is 0 Å². The van der Waals surface area contributed by atoms with E-state index in [1.54, 1.807) is 31.1 Å². The monoisotopic (exact) mass is 501 g/mol. The molecule has 10 nitrogen and oxygen atoms in total. The lowest BCUT2D eigenvalue weighted by Crippen LogP contribution is -2.58. The van der Waals surface area contributed by atoms with Gasteiger partial charge >= 0.3 is 18.0 Å². The summed E-state index contributed by atoms with van der Waals surface area (Å²) in [7, 11) is 1.59. The number of likely N-dealkylation sites (N-methyl/N-ethyl adjacent to an activating group) is 1. The molecule has 1 aromatic rings. The first-order valence-corrected chi connectivity index (χ1v) is 12.6. The maximum atomic E-state index is 13.3. The van der Waals surface area contributed by atoms with Crippen LogP contribution in [0, 0.1) is 0 Å². The Bertz CT molecular complexity index is 977. The zero-order chi connectivity index (χ0) is 26.4. The Hall–Kier alpha value is -3.27. The maximum absolute atomic E-state index is 13.3. The smallest absolute Gasteiger partial charge is 0.338 e. The van der Waals surface area contributed by atoms with E-state index in [1.807, 2.05) is 44.7 Å². The molecular formula is C26H39N5O5. The molecule has 1 saturated heterocycles. The highest BCUT2D eigenvalue weighted by atomic mass is 16.5. The first kappa shape index (κ1) is 27.3. The summed E-state index contributed by atoms with van der Waals surface area (Å²) in [6.45, 7) is 12.4. The van der Waals surface area contributed by atoms with Crippen molar-refractivity contribution in [2.24, 2.45) is 0 Å². The largest absolute Gasteiger partial charge is 0.497 e. The molecule has 198 valence electrons. The van der Waals surface area contributed by atoms with Gasteiger partial charge in [0, 0.05) is 50.5 Å². The number of esters is 1. The molecule has 36 heavy (non-hydrogen) atoms. The van der Waals surface area contributed by atoms with E-state index >= 15 is 0 Å². The molecule has 1 aromatic carbocycles. The van der Waals surface area contributed by atoms with E-state index in [4.69, 9.17) is 9.47 Å². The summed E-state index contributed by atoms with van der Waals surface area (Å²) in [6.07, 6.45) is 0. The summed E-state index contributed by atoms with van der Waals surface area (Å²) in [6, 6.07) is 6.36. The van der Waals surface area contributed by atoms with Gasteiger partial charge in [-0.15, -0.1) is 0 Å². The Balaban J connectivity index is 1.94. The van der Waals surface area contributed by atoms with E-state index in [1.165, 1.54) is 0 Å². The van der Waals surface area contributed by atoms with Crippen LogP contribution in [0.2, 0.25) is 0 Å². The van der Waals surface area contributed by atoms with Gasteiger partial charge in [-0.3, -0.25) is 9.80 Å². The molecule has 10 heteroatoms. The lowest BCUT2D eigenvalue weighted by atomic mass is 9.94. The molecular weight excluding hydrogens is 462 g/mol. The number of amides is 4. The lowest BCUT2D eigenvalue weighted by Gasteiger charge is -2.43. The van der Waals surface area contributed by atoms with Crippen molar-refractivity contribution in [1.29, 1.82) is 0 Å². The molecule has 2 aliphatic rings. The minimum absolute atomic E-state index is 0.0194. The summed E-state index contributed by atoms with van der Waals surface area (Å²) in [5.41, 5.74) is 1.83. The number of ether oxygens (including phenoxy) is 2. The van der Waals surface area contributed by atoms with Gasteiger partial charge in [-0.1, -0.05) is 12.1 Å². The molecule has 3 rings (SSSR count). The average molecular weight is 502 g/mol. The Kier molecular flexibility index (Phi) is 9.19. The second kappa shape index (κ2) is 12.1. The molecule has 0 saturated carbocycles. The predicted octanol–water partition coefficient (Wildman–Crippen LogP) is 2.72. The fraction of sp³-hybridized carbons (Fsp3) is 0.577. The molecule has 0 aromatic heterocycles. The molecule has 0 spiro atoms. The van der Waals surface area contributed by atoms with E-state index in [-0.39, 0.29) is 30.8 Å². The van der Waals surface area contributed by atoms with Gasteiger partial charge in [0.05, 0.1) is 25.3 Å². The molecule has 0 aliphatic carbocycles. The molecule has 2 atom stereocenters. The molecule has 0 radical (unpaired) electrons. The summed E-state index contributed by atoms with van der Waals surface area (Å²) in [4.78, 5) is 44.6. The average Bonchev–Trinajstić information content (AvgIpc) is 2.83. The Morgan fingerprint density at radius 3 is 2.42 bits per heavy atom. The first-order chi connectivity index (χ1) is 17.2. The Labute approximate surface area is 213 Å². The van der Waals surface area contributed by atoms with E-state index < -0.39 is 12.0 Å². The van der Waals surface area contributed by atoms with Crippen molar-refractivity contribution in [3.05, 3.63) is 41.1 Å². The second-order valence-electron chi connectivity index (χ2n) is 9.36. The molecule has 1 fully saturated rings. The lowest BCUT2D eigenvalue weighted by molar-refractivity contribution is -0.139. The van der Waals surface area contributed by atoms with Crippen LogP contribution in [0.25, 0.3) is 0 Å². The quantitative estimate of drug-likeness (QED) is 0.531. The van der Waals surface area contributed by atoms with E-state index in [2.05, 4.69) is 15.5 Å². The summed E-state index contributed by atoms with van der Waals surface area (Å²) in [5.74, 6) is 0.237. The number of rotatable bonds is 8. The third-order valence-corrected chi connectivity index (χ3v) is 6.46. The predicted molar refractivity (Wildman–Crippen MR) is 137 cm³/mol. The number of piperazine rings is 1. The van der Waals surface area contributed by atoms with Crippen molar-refractivity contribution >= 4 is 18.0 Å². The van der Waals surface area contributed by atoms with Gasteiger partial charge in [0.1, 0.15) is 5.75 Å². The van der Waals surface area contributed by atoms with Crippen molar-refractivity contribution < 1.29 is 23.9 Å². The molecule has 4 amide bonds. The topological polar surface area (TPSA) is 103 Å². The van der Waals surface area contributed by atoms with E-state index in [0.717, 1.165) is 5.56 Å². The molecule has 2 N–H and O–H groups in total. The van der Waals surface area contributed by atoms with Crippen molar-refractivity contribution in [3.8, 4) is 5.75 Å². The molecule has 0 bridgehead atoms. The fourth-order valence-corrected chi connectivity index (χ4v) is 4.72. The van der Waals surface area contributed by atoms with Crippen molar-refractivity contribution in [3.63, 3.8) is 0 Å². The van der Waals surface area contributed by atoms with Crippen LogP contribution >= 0.6 is 0 Å². The molecule has 2 aliphatic heterocycles. The zero-order valence-corrected chi connectivity index (χ0v) is 22.2. The van der Waals surface area contributed by atoms with Crippen LogP contribution in [0.5, 0.6) is 5.75 Å². The van der Waals surface area contributed by atoms with Crippen LogP contribution in [0.1, 0.15) is 46.2 Å². The van der Waals surface area contributed by atoms with Gasteiger partial charge in [-0.25, -0.2) is 14.4 Å². The zero-order valence-electron chi connectivity index (χ0n) is 22.2. The highest BCUT2D eigenvalue weighted by Crippen LogP contribution is 2.33. The van der Waals surface area contributed by atoms with Crippen LogP contribution in [0.15, 0.2) is 35.5 Å². The van der Waals surface area contributed by atoms with Crippen LogP contribution in [-0.4, -0.2) is 91.3 Å². The number of hydrogen-bond donors (Lipinski definition) is 2. The van der Waals surface area contributed by atoms with E-state index in [9.17, 15) is 14.4 Å². The van der Waals surface area contributed by atoms with Gasteiger partial charge in [0.25, 0.3) is 0 Å². The number of benzene rings is 1. The minimum Gasteiger partial charge on any atom is -0.497 e. The summed E-state index contributed by atoms with van der Waals surface area (Å²) in [5, 5.41) is 5.94. The number of nitrogens with zero attached hydrogens (tertiary/aromatic N) is 3. The second-order valence-corrected chi connectivity index (χ2v) is 9.36. The van der Waals surface area contributed by atoms with Gasteiger partial charge in [-0.2, -0.15) is 0 Å². The maximum Gasteiger partial charge on any atom is 0.338 e. The van der Waals surface area contributed by atoms with Crippen LogP contribution in [0.3, 0.4) is 0 Å². The number of hydrogen-bond acceptors (Lipinski definition) is 6. The number of carbonyl (C=O) groups excluding carboxylic acids is 3. The van der Waals surface area contributed by atoms with Crippen LogP contribution in [-0.2, 0) is 9.53 Å². The molecule has 0 unspecified atom stereocenters. The third kappa shape index (κ3) is 6.10. The first-order valence-electron chi connectivity index (χ1n) is 12.6. The van der Waals surface area contributed by atoms with E-state index in [0.29, 0.717) is 49.7 Å². The number of nitrogens with one attached hydrogen (secondary N) is 2. The van der Waals surface area contributed by atoms with Gasteiger partial charge < -0.3 is 25.0 Å². The van der Waals surface area contributed by atoms with Crippen molar-refractivity contribution in [2.45, 2.75) is 52.7 Å². The Morgan fingerprint density at radius 1 is 1.17 bits per heavy atom. The Morgan fingerprint density at radius 2 is 1.86 bits per heavy atom. The van der Waals surface area contributed by atoms with Crippen molar-refractivity contribution in [1.82, 2.24) is 25.3 Å². The SMILES string of the molecule is CCOC(=O)C1=C(CN2CCN(C(=O)NC(C)C)[C@H](C)C2)N(CC)C(=O)N[C@@H]1c1ccc(OC)cc1. The minimum atomic E-state index is -0.643. The van der Waals surface area contributed by atoms with Gasteiger partial charge in [0.15, 0.2) is 0 Å². The van der Waals surface area contributed by atoms with Crippen LogP contribution in [0.4, 0.5) is 9.59 Å². The fourth-order valence-electron chi connectivity index (χ4n) is 4.72. The highest BCUT2D eigenvalue weighted by Gasteiger charge is 2.39. The number of urea groups is 2. The van der Waals surface area contributed by atoms with Gasteiger partial charge in [-0.05, 0) is 52.3 Å². The summed E-state index contributed by atoms with van der Waals surface area (Å²) < 4.78 is 10.7. The van der Waals surface area contributed by atoms with Crippen molar-refractivity contribution in [2.75, 3.05) is 46.4 Å².